The average Bonchev–Trinajstić information content (AvgIpc) is 3.89. The molecule has 0 unspecified atom stereocenters. The summed E-state index contributed by atoms with van der Waals surface area (Å²) < 4.78 is 2.56. The molecule has 0 saturated heterocycles. The van der Waals surface area contributed by atoms with Gasteiger partial charge in [0.15, 0.2) is 0 Å². The van der Waals surface area contributed by atoms with E-state index in [1.165, 1.54) is 106 Å². The maximum Gasteiger partial charge on any atom is 0.252 e. The van der Waals surface area contributed by atoms with Crippen LogP contribution in [0.3, 0.4) is 0 Å². The Morgan fingerprint density at radius 3 is 1.38 bits per heavy atom. The number of anilines is 6. The lowest BCUT2D eigenvalue weighted by Crippen LogP contribution is -2.61. The normalized spacial score (nSPS) is 12.4. The lowest BCUT2D eigenvalue weighted by molar-refractivity contribution is 1.18. The predicted octanol–water partition coefficient (Wildman–Crippen LogP) is 17.2. The number of fused-ring (bicyclic) bond motifs is 8. The van der Waals surface area contributed by atoms with Gasteiger partial charge in [0.1, 0.15) is 0 Å². The number of para-hydroxylation sites is 2. The van der Waals surface area contributed by atoms with Crippen LogP contribution in [0.1, 0.15) is 0 Å². The van der Waals surface area contributed by atoms with E-state index in [1.54, 1.807) is 0 Å². The zero-order valence-electron chi connectivity index (χ0n) is 41.6. The van der Waals surface area contributed by atoms with Gasteiger partial charge in [-0.3, -0.25) is 0 Å². The fourth-order valence-corrected chi connectivity index (χ4v) is 12.4. The summed E-state index contributed by atoms with van der Waals surface area (Å²) in [6.07, 6.45) is 0. The van der Waals surface area contributed by atoms with Crippen LogP contribution >= 0.6 is 0 Å². The minimum absolute atomic E-state index is 0.101. The molecule has 2 aliphatic rings. The van der Waals surface area contributed by atoms with E-state index in [2.05, 4.69) is 306 Å². The van der Waals surface area contributed by atoms with Crippen LogP contribution < -0.4 is 26.2 Å². The van der Waals surface area contributed by atoms with Crippen LogP contribution in [-0.4, -0.2) is 11.3 Å². The first kappa shape index (κ1) is 43.7. The zero-order valence-corrected chi connectivity index (χ0v) is 41.6. The summed E-state index contributed by atoms with van der Waals surface area (Å²) in [4.78, 5) is 5.11. The van der Waals surface area contributed by atoms with Crippen LogP contribution in [0.2, 0.25) is 0 Å². The number of rotatable bonds is 8. The molecule has 76 heavy (non-hydrogen) atoms. The van der Waals surface area contributed by atoms with Gasteiger partial charge >= 0.3 is 0 Å². The quantitative estimate of drug-likeness (QED) is 0.141. The second kappa shape index (κ2) is 17.9. The van der Waals surface area contributed by atoms with Crippen LogP contribution in [0.5, 0.6) is 0 Å². The van der Waals surface area contributed by atoms with Crippen molar-refractivity contribution in [3.8, 4) is 61.3 Å². The van der Waals surface area contributed by atoms with Gasteiger partial charge in [-0.05, 0) is 115 Å². The van der Waals surface area contributed by atoms with Gasteiger partial charge in [-0.1, -0.05) is 237 Å². The maximum absolute atomic E-state index is 2.60. The Bertz CT molecular complexity index is 4270. The second-order valence-corrected chi connectivity index (χ2v) is 20.0. The van der Waals surface area contributed by atoms with Gasteiger partial charge in [0.2, 0.25) is 0 Å². The van der Waals surface area contributed by atoms with Crippen molar-refractivity contribution in [2.45, 2.75) is 0 Å². The fourth-order valence-electron chi connectivity index (χ4n) is 12.4. The molecule has 2 aliphatic heterocycles. The van der Waals surface area contributed by atoms with Crippen LogP contribution in [0, 0.1) is 0 Å². The zero-order chi connectivity index (χ0) is 50.1. The fraction of sp³-hybridized carbons (Fsp3) is 0. The second-order valence-electron chi connectivity index (χ2n) is 20.0. The van der Waals surface area contributed by atoms with Gasteiger partial charge in [0.25, 0.3) is 6.71 Å². The molecule has 0 N–H and O–H groups in total. The largest absolute Gasteiger partial charge is 0.311 e. The third kappa shape index (κ3) is 6.99. The van der Waals surface area contributed by atoms with Crippen molar-refractivity contribution in [3.63, 3.8) is 0 Å². The van der Waals surface area contributed by atoms with Crippen LogP contribution in [-0.2, 0) is 0 Å². The Morgan fingerprint density at radius 1 is 0.263 bits per heavy atom. The molecule has 0 amide bonds. The monoisotopic (exact) mass is 965 g/mol. The molecule has 0 spiro atoms. The minimum atomic E-state index is -0.101. The molecule has 15 rings (SSSR count). The topological polar surface area (TPSA) is 11.4 Å². The molecule has 1 aromatic heterocycles. The molecule has 3 nitrogen and oxygen atoms in total. The van der Waals surface area contributed by atoms with Crippen molar-refractivity contribution < 1.29 is 0 Å². The first-order valence-electron chi connectivity index (χ1n) is 26.3. The smallest absolute Gasteiger partial charge is 0.252 e. The molecule has 13 aromatic rings. The highest BCUT2D eigenvalue weighted by molar-refractivity contribution is 7.00. The van der Waals surface area contributed by atoms with Gasteiger partial charge in [-0.2, -0.15) is 0 Å². The molecule has 3 heterocycles. The summed E-state index contributed by atoms with van der Waals surface area (Å²) in [6, 6.07) is 107. The van der Waals surface area contributed by atoms with Crippen LogP contribution in [0.4, 0.5) is 34.1 Å². The van der Waals surface area contributed by atoms with Gasteiger partial charge in [-0.25, -0.2) is 0 Å². The van der Waals surface area contributed by atoms with Gasteiger partial charge in [0, 0.05) is 50.3 Å². The van der Waals surface area contributed by atoms with Crippen molar-refractivity contribution in [2.75, 3.05) is 9.80 Å². The highest BCUT2D eigenvalue weighted by atomic mass is 15.2. The van der Waals surface area contributed by atoms with E-state index < -0.39 is 0 Å². The van der Waals surface area contributed by atoms with E-state index in [-0.39, 0.29) is 6.71 Å². The van der Waals surface area contributed by atoms with E-state index in [9.17, 15) is 0 Å². The van der Waals surface area contributed by atoms with E-state index in [0.29, 0.717) is 0 Å². The maximum atomic E-state index is 2.60. The molecular weight excluding hydrogens is 918 g/mol. The highest BCUT2D eigenvalue weighted by Crippen LogP contribution is 2.50. The van der Waals surface area contributed by atoms with Crippen molar-refractivity contribution in [2.24, 2.45) is 0 Å². The highest BCUT2D eigenvalue weighted by Gasteiger charge is 2.44. The lowest BCUT2D eigenvalue weighted by Gasteiger charge is -2.44. The Hall–Kier alpha value is -9.90. The SMILES string of the molecule is c1ccc(-c2ccc(N3c4ccc(-c5ccccc5)cc4B4c5ccc6c(c5N(c5cccc(-c7ccccc7)c5)c5cccc3c54)c3ccccc3n6-c3c(-c4ccccc4)cccc3-c3ccccc3)cc2)cc1. The third-order valence-corrected chi connectivity index (χ3v) is 15.8. The summed E-state index contributed by atoms with van der Waals surface area (Å²) in [7, 11) is 0. The standard InChI is InChI=1S/C72H48BN3/c1-6-21-49(22-7-1)52-39-42-57(43-40-52)74-65-45-41-56(51-25-10-3-11-26-51)48-63(65)73-62-44-46-66-69(72(62)75(68-38-20-37-67(74)70(68)73)58-32-18-31-55(47-58)50-23-8-2-9-24-50)61-33-16-17-36-64(61)76(66)71-59(53-27-12-4-13-28-53)34-19-35-60(71)54-29-14-5-15-30-54/h1-48H. The summed E-state index contributed by atoms with van der Waals surface area (Å²) in [6.45, 7) is -0.101. The molecule has 0 bridgehead atoms. The molecule has 0 fully saturated rings. The molecule has 0 atom stereocenters. The number of nitrogens with zero attached hydrogens (tertiary/aromatic N) is 3. The van der Waals surface area contributed by atoms with Crippen LogP contribution in [0.25, 0.3) is 83.1 Å². The van der Waals surface area contributed by atoms with E-state index >= 15 is 0 Å². The number of aromatic nitrogens is 1. The minimum Gasteiger partial charge on any atom is -0.311 e. The third-order valence-electron chi connectivity index (χ3n) is 15.8. The molecule has 0 radical (unpaired) electrons. The molecule has 354 valence electrons. The molecule has 0 aliphatic carbocycles. The Kier molecular flexibility index (Phi) is 10.3. The summed E-state index contributed by atoms with van der Waals surface area (Å²) in [5.74, 6) is 0. The number of hydrogen-bond acceptors (Lipinski definition) is 2. The number of hydrogen-bond donors (Lipinski definition) is 0. The van der Waals surface area contributed by atoms with Crippen molar-refractivity contribution in [1.29, 1.82) is 0 Å². The summed E-state index contributed by atoms with van der Waals surface area (Å²) in [5, 5.41) is 2.42. The summed E-state index contributed by atoms with van der Waals surface area (Å²) in [5.41, 5.74) is 26.1. The first-order valence-corrected chi connectivity index (χ1v) is 26.3. The van der Waals surface area contributed by atoms with E-state index in [0.717, 1.165) is 28.1 Å². The predicted molar refractivity (Wildman–Crippen MR) is 322 cm³/mol. The Balaban J connectivity index is 1.05. The van der Waals surface area contributed by atoms with Crippen molar-refractivity contribution in [3.05, 3.63) is 291 Å². The molecular formula is C72H48BN3. The van der Waals surface area contributed by atoms with Crippen molar-refractivity contribution >= 4 is 79.0 Å². The molecule has 12 aromatic carbocycles. The van der Waals surface area contributed by atoms with Crippen molar-refractivity contribution in [1.82, 2.24) is 4.57 Å². The lowest BCUT2D eigenvalue weighted by atomic mass is 9.33. The van der Waals surface area contributed by atoms with Gasteiger partial charge < -0.3 is 14.4 Å². The van der Waals surface area contributed by atoms with Crippen LogP contribution in [0.15, 0.2) is 291 Å². The van der Waals surface area contributed by atoms with Gasteiger partial charge in [-0.15, -0.1) is 0 Å². The first-order chi connectivity index (χ1) is 37.7. The number of benzene rings is 12. The molecule has 4 heteroatoms. The molecule has 0 saturated carbocycles. The average molecular weight is 966 g/mol. The summed E-state index contributed by atoms with van der Waals surface area (Å²) >= 11 is 0. The Labute approximate surface area is 443 Å². The van der Waals surface area contributed by atoms with E-state index in [1.807, 2.05) is 0 Å². The van der Waals surface area contributed by atoms with Gasteiger partial charge in [0.05, 0.1) is 22.4 Å². The Morgan fingerprint density at radius 2 is 0.750 bits per heavy atom. The van der Waals surface area contributed by atoms with E-state index in [4.69, 9.17) is 0 Å².